The molecule has 1 saturated heterocycles. The Morgan fingerprint density at radius 2 is 1.82 bits per heavy atom. The Labute approximate surface area is 198 Å². The first kappa shape index (κ1) is 21.6. The predicted molar refractivity (Wildman–Crippen MR) is 133 cm³/mol. The van der Waals surface area contributed by atoms with E-state index in [9.17, 15) is 4.79 Å². The van der Waals surface area contributed by atoms with Crippen LogP contribution in [0.2, 0.25) is 0 Å². The maximum Gasteiger partial charge on any atom is 0.251 e. The smallest absolute Gasteiger partial charge is 0.251 e. The first-order chi connectivity index (χ1) is 16.3. The number of nitrogens with one attached hydrogen (secondary N) is 1. The number of carbonyl (C=O) groups excluding carboxylic acids is 1. The van der Waals surface area contributed by atoms with Gasteiger partial charge in [-0.2, -0.15) is 5.10 Å². The van der Waals surface area contributed by atoms with Crippen LogP contribution in [0.1, 0.15) is 39.7 Å². The summed E-state index contributed by atoms with van der Waals surface area (Å²) in [4.78, 5) is 17.1. The summed E-state index contributed by atoms with van der Waals surface area (Å²) in [6.07, 6.45) is 6.21. The summed E-state index contributed by atoms with van der Waals surface area (Å²) >= 11 is 1.77. The van der Waals surface area contributed by atoms with Crippen molar-refractivity contribution in [3.63, 3.8) is 0 Å². The van der Waals surface area contributed by atoms with Gasteiger partial charge in [0.25, 0.3) is 5.91 Å². The fourth-order valence-electron chi connectivity index (χ4n) is 4.53. The third-order valence-electron chi connectivity index (χ3n) is 6.25. The summed E-state index contributed by atoms with van der Waals surface area (Å²) < 4.78 is 1.90. The van der Waals surface area contributed by atoms with Crippen LogP contribution in [0.25, 0.3) is 11.1 Å². The van der Waals surface area contributed by atoms with E-state index in [-0.39, 0.29) is 11.9 Å². The molecule has 168 valence electrons. The van der Waals surface area contributed by atoms with Gasteiger partial charge in [0.05, 0.1) is 12.6 Å². The quantitative estimate of drug-likeness (QED) is 0.395. The number of likely N-dealkylation sites (tertiary alicyclic amines) is 1. The molecule has 0 spiro atoms. The van der Waals surface area contributed by atoms with E-state index in [1.54, 1.807) is 17.5 Å². The van der Waals surface area contributed by atoms with Gasteiger partial charge in [-0.25, -0.2) is 0 Å². The monoisotopic (exact) mass is 456 g/mol. The minimum atomic E-state index is -0.0213. The van der Waals surface area contributed by atoms with Crippen molar-refractivity contribution in [3.05, 3.63) is 101 Å². The van der Waals surface area contributed by atoms with E-state index in [0.717, 1.165) is 30.8 Å². The molecule has 2 aromatic carbocycles. The minimum absolute atomic E-state index is 0.0213. The third kappa shape index (κ3) is 5.07. The van der Waals surface area contributed by atoms with E-state index >= 15 is 0 Å². The summed E-state index contributed by atoms with van der Waals surface area (Å²) in [5.74, 6) is -0.0213. The molecule has 4 aromatic rings. The zero-order valence-electron chi connectivity index (χ0n) is 18.6. The van der Waals surface area contributed by atoms with E-state index < -0.39 is 0 Å². The molecule has 5 rings (SSSR count). The summed E-state index contributed by atoms with van der Waals surface area (Å²) in [6.45, 7) is 3.55. The fourth-order valence-corrected chi connectivity index (χ4v) is 5.39. The molecule has 0 radical (unpaired) electrons. The highest BCUT2D eigenvalue weighted by Gasteiger charge is 2.25. The Hall–Kier alpha value is -3.22. The highest BCUT2D eigenvalue weighted by Crippen LogP contribution is 2.29. The Bertz CT molecular complexity index is 1160. The normalized spacial score (nSPS) is 14.9. The molecule has 1 aliphatic rings. The number of hydrogen-bond acceptors (Lipinski definition) is 4. The van der Waals surface area contributed by atoms with Crippen LogP contribution in [0.15, 0.2) is 84.5 Å². The van der Waals surface area contributed by atoms with Crippen LogP contribution in [0, 0.1) is 0 Å². The lowest BCUT2D eigenvalue weighted by Crippen LogP contribution is -2.36. The first-order valence-corrected chi connectivity index (χ1v) is 12.4. The molecule has 6 heteroatoms. The van der Waals surface area contributed by atoms with Gasteiger partial charge >= 0.3 is 0 Å². The van der Waals surface area contributed by atoms with Gasteiger partial charge < -0.3 is 5.32 Å². The molecule has 1 amide bonds. The molecule has 1 atom stereocenters. The molecule has 1 N–H and O–H groups in total. The highest BCUT2D eigenvalue weighted by molar-refractivity contribution is 7.10. The topological polar surface area (TPSA) is 50.2 Å². The number of nitrogens with zero attached hydrogens (tertiary/aromatic N) is 3. The number of rotatable bonds is 8. The van der Waals surface area contributed by atoms with Crippen molar-refractivity contribution in [1.29, 1.82) is 0 Å². The number of amides is 1. The number of carbonyl (C=O) groups is 1. The molecule has 33 heavy (non-hydrogen) atoms. The summed E-state index contributed by atoms with van der Waals surface area (Å²) in [7, 11) is 0. The Balaban J connectivity index is 1.31. The summed E-state index contributed by atoms with van der Waals surface area (Å²) in [5.41, 5.74) is 3.88. The van der Waals surface area contributed by atoms with Crippen molar-refractivity contribution in [2.45, 2.75) is 25.4 Å². The van der Waals surface area contributed by atoms with Gasteiger partial charge in [0, 0.05) is 29.4 Å². The molecular weight excluding hydrogens is 428 g/mol. The number of aromatic nitrogens is 2. The fraction of sp³-hybridized carbons (Fsp3) is 0.259. The lowest BCUT2D eigenvalue weighted by molar-refractivity contribution is 0.0939. The van der Waals surface area contributed by atoms with Crippen LogP contribution in [0.5, 0.6) is 0 Å². The SMILES string of the molecule is O=C(NCC(c1cccs1)N1CCCC1)c1ccccc1-c1ccc(Cn2cccn2)cc1. The van der Waals surface area contributed by atoms with Crippen molar-refractivity contribution in [2.24, 2.45) is 0 Å². The van der Waals surface area contributed by atoms with Crippen LogP contribution >= 0.6 is 11.3 Å². The number of benzene rings is 2. The lowest BCUT2D eigenvalue weighted by atomic mass is 9.98. The van der Waals surface area contributed by atoms with Crippen LogP contribution in [0.4, 0.5) is 0 Å². The van der Waals surface area contributed by atoms with E-state index in [4.69, 9.17) is 0 Å². The first-order valence-electron chi connectivity index (χ1n) is 11.5. The molecule has 0 aliphatic carbocycles. The van der Waals surface area contributed by atoms with Gasteiger partial charge in [-0.05, 0) is 66.2 Å². The van der Waals surface area contributed by atoms with Gasteiger partial charge in [0.15, 0.2) is 0 Å². The number of hydrogen-bond donors (Lipinski definition) is 1. The Morgan fingerprint density at radius 1 is 1.00 bits per heavy atom. The van der Waals surface area contributed by atoms with Crippen molar-refractivity contribution < 1.29 is 4.79 Å². The second-order valence-corrected chi connectivity index (χ2v) is 9.41. The molecule has 1 unspecified atom stereocenters. The van der Waals surface area contributed by atoms with Crippen molar-refractivity contribution in [3.8, 4) is 11.1 Å². The molecule has 3 heterocycles. The average Bonchev–Trinajstić information content (AvgIpc) is 3.64. The molecule has 5 nitrogen and oxygen atoms in total. The van der Waals surface area contributed by atoms with Gasteiger partial charge in [0.2, 0.25) is 0 Å². The molecule has 0 saturated carbocycles. The average molecular weight is 457 g/mol. The van der Waals surface area contributed by atoms with E-state index in [2.05, 4.69) is 57.1 Å². The summed E-state index contributed by atoms with van der Waals surface area (Å²) in [5, 5.41) is 9.62. The van der Waals surface area contributed by atoms with Crippen molar-refractivity contribution in [1.82, 2.24) is 20.0 Å². The van der Waals surface area contributed by atoms with E-state index in [1.165, 1.54) is 23.3 Å². The highest BCUT2D eigenvalue weighted by atomic mass is 32.1. The zero-order chi connectivity index (χ0) is 22.5. The molecule has 1 fully saturated rings. The van der Waals surface area contributed by atoms with Crippen LogP contribution in [0.3, 0.4) is 0 Å². The Kier molecular flexibility index (Phi) is 6.65. The molecule has 2 aromatic heterocycles. The van der Waals surface area contributed by atoms with Crippen molar-refractivity contribution >= 4 is 17.2 Å². The second-order valence-electron chi connectivity index (χ2n) is 8.43. The van der Waals surface area contributed by atoms with Crippen LogP contribution in [-0.4, -0.2) is 40.2 Å². The van der Waals surface area contributed by atoms with Gasteiger partial charge in [-0.3, -0.25) is 14.4 Å². The third-order valence-corrected chi connectivity index (χ3v) is 7.22. The van der Waals surface area contributed by atoms with E-state index in [0.29, 0.717) is 12.1 Å². The molecule has 1 aliphatic heterocycles. The zero-order valence-corrected chi connectivity index (χ0v) is 19.4. The van der Waals surface area contributed by atoms with Crippen LogP contribution in [-0.2, 0) is 6.54 Å². The molecular formula is C27H28N4OS. The minimum Gasteiger partial charge on any atom is -0.350 e. The number of thiophene rings is 1. The predicted octanol–water partition coefficient (Wildman–Crippen LogP) is 5.23. The second kappa shape index (κ2) is 10.1. The van der Waals surface area contributed by atoms with Gasteiger partial charge in [0.1, 0.15) is 0 Å². The lowest BCUT2D eigenvalue weighted by Gasteiger charge is -2.27. The Morgan fingerprint density at radius 3 is 2.55 bits per heavy atom. The largest absolute Gasteiger partial charge is 0.350 e. The van der Waals surface area contributed by atoms with Crippen LogP contribution < -0.4 is 5.32 Å². The van der Waals surface area contributed by atoms with E-state index in [1.807, 2.05) is 41.2 Å². The van der Waals surface area contributed by atoms with Crippen molar-refractivity contribution in [2.75, 3.05) is 19.6 Å². The maximum absolute atomic E-state index is 13.3. The van der Waals surface area contributed by atoms with Gasteiger partial charge in [-0.15, -0.1) is 11.3 Å². The standard InChI is InChI=1S/C27H28N4OS/c32-27(28-19-25(26-9-5-18-33-26)30-15-3-4-16-30)24-8-2-1-7-23(24)22-12-10-21(11-13-22)20-31-17-6-14-29-31/h1-2,5-14,17-18,25H,3-4,15-16,19-20H2,(H,28,32). The molecule has 0 bridgehead atoms. The van der Waals surface area contributed by atoms with Gasteiger partial charge in [-0.1, -0.05) is 48.5 Å². The summed E-state index contributed by atoms with van der Waals surface area (Å²) in [6, 6.07) is 22.7. The maximum atomic E-state index is 13.3.